The first-order valence-electron chi connectivity index (χ1n) is 10.6. The highest BCUT2D eigenvalue weighted by atomic mass is 32.1. The Labute approximate surface area is 186 Å². The predicted octanol–water partition coefficient (Wildman–Crippen LogP) is 3.24. The Morgan fingerprint density at radius 2 is 1.97 bits per heavy atom. The van der Waals surface area contributed by atoms with E-state index in [-0.39, 0.29) is 11.8 Å². The first kappa shape index (κ1) is 20.3. The number of nitrogens with zero attached hydrogens (tertiary/aromatic N) is 4. The first-order chi connectivity index (χ1) is 15.1. The van der Waals surface area contributed by atoms with Crippen molar-refractivity contribution < 1.29 is 9.53 Å². The summed E-state index contributed by atoms with van der Waals surface area (Å²) in [7, 11) is 0. The van der Waals surface area contributed by atoms with Crippen molar-refractivity contribution in [2.45, 2.75) is 31.5 Å². The number of thiophene rings is 1. The molecule has 2 saturated heterocycles. The monoisotopic (exact) mass is 434 g/mol. The third kappa shape index (κ3) is 4.01. The molecule has 0 aliphatic carbocycles. The fourth-order valence-electron chi connectivity index (χ4n) is 4.77. The lowest BCUT2D eigenvalue weighted by Gasteiger charge is -2.42. The number of amides is 1. The molecule has 2 fully saturated rings. The molecule has 2 aliphatic rings. The molecule has 160 valence electrons. The fourth-order valence-corrected chi connectivity index (χ4v) is 5.71. The van der Waals surface area contributed by atoms with Gasteiger partial charge in [-0.3, -0.25) is 19.7 Å². The number of aryl methyl sites for hydroxylation is 1. The number of hydrogen-bond acceptors (Lipinski definition) is 6. The molecule has 3 aromatic heterocycles. The van der Waals surface area contributed by atoms with Gasteiger partial charge in [-0.15, -0.1) is 11.3 Å². The molecule has 5 heterocycles. The maximum Gasteiger partial charge on any atom is 0.257 e. The molecule has 0 bridgehead atoms. The van der Waals surface area contributed by atoms with Crippen LogP contribution in [0, 0.1) is 6.92 Å². The van der Waals surface area contributed by atoms with Crippen molar-refractivity contribution in [1.29, 1.82) is 0 Å². The van der Waals surface area contributed by atoms with E-state index in [4.69, 9.17) is 4.74 Å². The van der Waals surface area contributed by atoms with E-state index in [1.165, 1.54) is 9.75 Å². The van der Waals surface area contributed by atoms with Crippen LogP contribution >= 0.6 is 11.3 Å². The lowest BCUT2D eigenvalue weighted by molar-refractivity contribution is -0.173. The predicted molar refractivity (Wildman–Crippen MR) is 120 cm³/mol. The second-order valence-corrected chi connectivity index (χ2v) is 9.72. The van der Waals surface area contributed by atoms with Crippen LogP contribution in [0.1, 0.15) is 26.8 Å². The van der Waals surface area contributed by atoms with Crippen LogP contribution in [0.2, 0.25) is 0 Å². The molecule has 3 aromatic rings. The van der Waals surface area contributed by atoms with E-state index in [1.807, 2.05) is 46.8 Å². The molecule has 2 atom stereocenters. The molecule has 0 unspecified atom stereocenters. The molecule has 2 aliphatic heterocycles. The van der Waals surface area contributed by atoms with Crippen molar-refractivity contribution in [2.75, 3.05) is 26.2 Å². The van der Waals surface area contributed by atoms with Gasteiger partial charge < -0.3 is 9.64 Å². The van der Waals surface area contributed by atoms with Crippen molar-refractivity contribution in [3.05, 3.63) is 82.1 Å². The molecule has 5 rings (SSSR count). The standard InChI is InChI=1S/C24H26N4O2S/c1-18-6-7-21(31-18)15-27-16-22(20-5-3-9-26-13-20)24(17-27)23(29)28(10-11-30-24)14-19-4-2-8-25-12-19/h2-9,12-13,22H,10-11,14-17H2,1H3/t22-,24+/m1/s1. The zero-order valence-corrected chi connectivity index (χ0v) is 18.4. The molecule has 31 heavy (non-hydrogen) atoms. The van der Waals surface area contributed by atoms with Crippen molar-refractivity contribution >= 4 is 17.2 Å². The van der Waals surface area contributed by atoms with E-state index in [2.05, 4.69) is 40.0 Å². The van der Waals surface area contributed by atoms with Gasteiger partial charge >= 0.3 is 0 Å². The zero-order chi connectivity index (χ0) is 21.3. The fraction of sp³-hybridized carbons (Fsp3) is 0.375. The molecule has 1 spiro atoms. The number of morpholine rings is 1. The van der Waals surface area contributed by atoms with Crippen molar-refractivity contribution in [3.63, 3.8) is 0 Å². The van der Waals surface area contributed by atoms with Crippen LogP contribution in [0.15, 0.2) is 61.2 Å². The van der Waals surface area contributed by atoms with Gasteiger partial charge in [-0.25, -0.2) is 0 Å². The van der Waals surface area contributed by atoms with Crippen LogP contribution in [-0.2, 0) is 22.6 Å². The second-order valence-electron chi connectivity index (χ2n) is 8.35. The Hall–Kier alpha value is -2.61. The summed E-state index contributed by atoms with van der Waals surface area (Å²) in [4.78, 5) is 29.3. The van der Waals surface area contributed by atoms with Crippen molar-refractivity contribution in [3.8, 4) is 0 Å². The minimum absolute atomic E-state index is 0.0496. The molecule has 0 aromatic carbocycles. The number of pyridine rings is 2. The van der Waals surface area contributed by atoms with Crippen LogP contribution in [0.3, 0.4) is 0 Å². The molecule has 6 nitrogen and oxygen atoms in total. The van der Waals surface area contributed by atoms with Gasteiger partial charge in [0.25, 0.3) is 5.91 Å². The van der Waals surface area contributed by atoms with Crippen molar-refractivity contribution in [1.82, 2.24) is 19.8 Å². The summed E-state index contributed by atoms with van der Waals surface area (Å²) in [6.07, 6.45) is 7.23. The minimum Gasteiger partial charge on any atom is -0.361 e. The normalized spacial score (nSPS) is 24.2. The zero-order valence-electron chi connectivity index (χ0n) is 17.6. The van der Waals surface area contributed by atoms with Crippen LogP contribution in [0.5, 0.6) is 0 Å². The quantitative estimate of drug-likeness (QED) is 0.617. The van der Waals surface area contributed by atoms with Gasteiger partial charge in [0, 0.05) is 73.2 Å². The number of likely N-dealkylation sites (tertiary alicyclic amines) is 1. The summed E-state index contributed by atoms with van der Waals surface area (Å²) < 4.78 is 6.37. The van der Waals surface area contributed by atoms with Crippen LogP contribution < -0.4 is 0 Å². The van der Waals surface area contributed by atoms with Crippen molar-refractivity contribution in [2.24, 2.45) is 0 Å². The Kier molecular flexibility index (Phi) is 5.56. The Morgan fingerprint density at radius 1 is 1.13 bits per heavy atom. The van der Waals surface area contributed by atoms with Crippen LogP contribution in [-0.4, -0.2) is 57.5 Å². The van der Waals surface area contributed by atoms with E-state index >= 15 is 0 Å². The SMILES string of the molecule is Cc1ccc(CN2C[C@H](c3cccnc3)[C@]3(C2)OCCN(Cc2cccnc2)C3=O)s1. The van der Waals surface area contributed by atoms with Crippen LogP contribution in [0.4, 0.5) is 0 Å². The smallest absolute Gasteiger partial charge is 0.257 e. The van der Waals surface area contributed by atoms with Crippen LogP contribution in [0.25, 0.3) is 0 Å². The van der Waals surface area contributed by atoms with Gasteiger partial charge in [-0.05, 0) is 42.3 Å². The number of hydrogen-bond donors (Lipinski definition) is 0. The maximum absolute atomic E-state index is 13.9. The third-order valence-electron chi connectivity index (χ3n) is 6.19. The largest absolute Gasteiger partial charge is 0.361 e. The van der Waals surface area contributed by atoms with Gasteiger partial charge in [0.15, 0.2) is 5.60 Å². The Morgan fingerprint density at radius 3 is 2.68 bits per heavy atom. The summed E-state index contributed by atoms with van der Waals surface area (Å²) in [6.45, 7) is 6.01. The molecule has 1 amide bonds. The second kappa shape index (κ2) is 8.49. The summed E-state index contributed by atoms with van der Waals surface area (Å²) >= 11 is 1.81. The highest BCUT2D eigenvalue weighted by Gasteiger charge is 2.57. The summed E-state index contributed by atoms with van der Waals surface area (Å²) in [6, 6.07) is 12.3. The van der Waals surface area contributed by atoms with E-state index in [1.54, 1.807) is 12.4 Å². The summed E-state index contributed by atoms with van der Waals surface area (Å²) in [5, 5.41) is 0. The molecular weight excluding hydrogens is 408 g/mol. The molecule has 0 radical (unpaired) electrons. The lowest BCUT2D eigenvalue weighted by Crippen LogP contribution is -2.59. The van der Waals surface area contributed by atoms with Gasteiger partial charge in [-0.2, -0.15) is 0 Å². The number of ether oxygens (including phenoxy) is 1. The van der Waals surface area contributed by atoms with E-state index < -0.39 is 5.60 Å². The van der Waals surface area contributed by atoms with Gasteiger partial charge in [0.2, 0.25) is 0 Å². The lowest BCUT2D eigenvalue weighted by atomic mass is 9.83. The topological polar surface area (TPSA) is 58.6 Å². The maximum atomic E-state index is 13.9. The Balaban J connectivity index is 1.44. The van der Waals surface area contributed by atoms with Gasteiger partial charge in [-0.1, -0.05) is 12.1 Å². The van der Waals surface area contributed by atoms with E-state index in [0.717, 1.165) is 24.2 Å². The number of aromatic nitrogens is 2. The molecule has 0 saturated carbocycles. The third-order valence-corrected chi connectivity index (χ3v) is 7.18. The van der Waals surface area contributed by atoms with E-state index in [0.29, 0.717) is 26.2 Å². The highest BCUT2D eigenvalue weighted by Crippen LogP contribution is 2.42. The molecule has 7 heteroatoms. The molecular formula is C24H26N4O2S. The molecule has 0 N–H and O–H groups in total. The van der Waals surface area contributed by atoms with E-state index in [9.17, 15) is 4.79 Å². The minimum atomic E-state index is -0.879. The number of rotatable bonds is 5. The number of carbonyl (C=O) groups is 1. The summed E-state index contributed by atoms with van der Waals surface area (Å²) in [5.41, 5.74) is 1.22. The average molecular weight is 435 g/mol. The Bertz CT molecular complexity index is 1040. The number of carbonyl (C=O) groups excluding carboxylic acids is 1. The van der Waals surface area contributed by atoms with Gasteiger partial charge in [0.05, 0.1) is 6.61 Å². The first-order valence-corrected chi connectivity index (χ1v) is 11.5. The van der Waals surface area contributed by atoms with Gasteiger partial charge in [0.1, 0.15) is 0 Å². The average Bonchev–Trinajstić information content (AvgIpc) is 3.37. The highest BCUT2D eigenvalue weighted by molar-refractivity contribution is 7.11. The summed E-state index contributed by atoms with van der Waals surface area (Å²) in [5.74, 6) is 0.0211.